The third-order valence-corrected chi connectivity index (χ3v) is 5.94. The number of rotatable bonds is 11. The fourth-order valence-electron chi connectivity index (χ4n) is 3.96. The van der Waals surface area contributed by atoms with Crippen LogP contribution in [0.3, 0.4) is 0 Å². The Morgan fingerprint density at radius 2 is 1.44 bits per heavy atom. The Bertz CT molecular complexity index is 1190. The van der Waals surface area contributed by atoms with Crippen molar-refractivity contribution in [1.29, 1.82) is 0 Å². The molecule has 0 aromatic heterocycles. The van der Waals surface area contributed by atoms with Gasteiger partial charge in [0.15, 0.2) is 23.2 Å². The van der Waals surface area contributed by atoms with E-state index in [1.807, 2.05) is 13.8 Å². The largest absolute Gasteiger partial charge is 0.432 e. The van der Waals surface area contributed by atoms with Crippen molar-refractivity contribution >= 4 is 0 Å². The Kier molecular flexibility index (Phi) is 8.93. The predicted molar refractivity (Wildman–Crippen MR) is 125 cm³/mol. The molecule has 0 N–H and O–H groups in total. The highest BCUT2D eigenvalue weighted by molar-refractivity contribution is 5.73. The van der Waals surface area contributed by atoms with Crippen molar-refractivity contribution in [2.24, 2.45) is 0 Å². The minimum absolute atomic E-state index is 0.0101. The summed E-state index contributed by atoms with van der Waals surface area (Å²) >= 11 is 0. The molecule has 2 nitrogen and oxygen atoms in total. The number of halogens is 6. The summed E-state index contributed by atoms with van der Waals surface area (Å²) < 4.78 is 93.6. The molecule has 0 spiro atoms. The third kappa shape index (κ3) is 5.97. The lowest BCUT2D eigenvalue weighted by Gasteiger charge is -2.21. The molecular formula is C28H27F6O2. The number of ether oxygens (including phenoxy) is 1. The minimum atomic E-state index is -4.54. The van der Waals surface area contributed by atoms with E-state index in [0.717, 1.165) is 43.7 Å². The minimum Gasteiger partial charge on any atom is -0.429 e. The van der Waals surface area contributed by atoms with Gasteiger partial charge in [-0.3, -0.25) is 5.11 Å². The van der Waals surface area contributed by atoms with Gasteiger partial charge in [0.2, 0.25) is 0 Å². The lowest BCUT2D eigenvalue weighted by molar-refractivity contribution is -0.189. The fourth-order valence-corrected chi connectivity index (χ4v) is 3.96. The van der Waals surface area contributed by atoms with Crippen LogP contribution in [0.15, 0.2) is 42.5 Å². The summed E-state index contributed by atoms with van der Waals surface area (Å²) in [7, 11) is 0. The first kappa shape index (κ1) is 27.4. The summed E-state index contributed by atoms with van der Waals surface area (Å²) in [4.78, 5) is 0. The molecule has 0 aliphatic rings. The van der Waals surface area contributed by atoms with Crippen LogP contribution in [-0.4, -0.2) is 0 Å². The average molecular weight is 510 g/mol. The van der Waals surface area contributed by atoms with Gasteiger partial charge >= 0.3 is 6.11 Å². The maximum absolute atomic E-state index is 15.3. The smallest absolute Gasteiger partial charge is 0.429 e. The zero-order valence-electron chi connectivity index (χ0n) is 20.1. The zero-order valence-corrected chi connectivity index (χ0v) is 20.1. The molecule has 0 unspecified atom stereocenters. The molecule has 0 saturated carbocycles. The Labute approximate surface area is 206 Å². The van der Waals surface area contributed by atoms with Gasteiger partial charge in [-0.2, -0.15) is 8.78 Å². The first-order chi connectivity index (χ1) is 17.1. The summed E-state index contributed by atoms with van der Waals surface area (Å²) in [6.45, 7) is 3.94. The first-order valence-corrected chi connectivity index (χ1v) is 11.9. The molecule has 3 rings (SSSR count). The molecular weight excluding hydrogens is 482 g/mol. The van der Waals surface area contributed by atoms with Gasteiger partial charge < -0.3 is 4.74 Å². The van der Waals surface area contributed by atoms with Crippen molar-refractivity contribution in [3.05, 3.63) is 82.4 Å². The van der Waals surface area contributed by atoms with Crippen LogP contribution in [0, 0.1) is 23.3 Å². The van der Waals surface area contributed by atoms with E-state index in [4.69, 9.17) is 0 Å². The van der Waals surface area contributed by atoms with E-state index in [1.54, 1.807) is 12.1 Å². The van der Waals surface area contributed by atoms with Crippen molar-refractivity contribution in [2.45, 2.75) is 64.9 Å². The van der Waals surface area contributed by atoms with E-state index >= 15 is 4.39 Å². The lowest BCUT2D eigenvalue weighted by Crippen LogP contribution is -2.25. The number of unbranched alkanes of at least 4 members (excludes halogenated alkanes) is 3. The highest BCUT2D eigenvalue weighted by Crippen LogP contribution is 2.43. The van der Waals surface area contributed by atoms with Gasteiger partial charge in [0.25, 0.3) is 0 Å². The van der Waals surface area contributed by atoms with Crippen molar-refractivity contribution in [1.82, 2.24) is 0 Å². The van der Waals surface area contributed by atoms with Crippen molar-refractivity contribution in [3.63, 3.8) is 0 Å². The van der Waals surface area contributed by atoms with Crippen LogP contribution in [0.4, 0.5) is 26.3 Å². The van der Waals surface area contributed by atoms with Crippen LogP contribution >= 0.6 is 0 Å². The van der Waals surface area contributed by atoms with Crippen molar-refractivity contribution in [2.75, 3.05) is 0 Å². The molecule has 0 saturated heterocycles. The summed E-state index contributed by atoms with van der Waals surface area (Å²) in [5, 5.41) is 12.3. The van der Waals surface area contributed by atoms with E-state index < -0.39 is 51.8 Å². The van der Waals surface area contributed by atoms with E-state index in [0.29, 0.717) is 6.42 Å². The van der Waals surface area contributed by atoms with Gasteiger partial charge in [-0.05, 0) is 48.9 Å². The average Bonchev–Trinajstić information content (AvgIpc) is 2.82. The standard InChI is InChI=1S/C28H27F6O2/c1-3-5-7-9-18-12-15-20(26(31)25(18)30)23-22(35)16-21(29)24(27(23)32)28(33,34)36-19-13-10-17(11-14-19)8-6-4-2/h10-16H,3-9H2,1-2H3. The van der Waals surface area contributed by atoms with Crippen LogP contribution < -0.4 is 4.74 Å². The summed E-state index contributed by atoms with van der Waals surface area (Å²) in [5.41, 5.74) is -3.04. The molecule has 0 aliphatic heterocycles. The van der Waals surface area contributed by atoms with Crippen LogP contribution in [0.2, 0.25) is 0 Å². The number of hydrogen-bond acceptors (Lipinski definition) is 1. The van der Waals surface area contributed by atoms with Crippen LogP contribution in [0.25, 0.3) is 11.1 Å². The second kappa shape index (κ2) is 11.7. The van der Waals surface area contributed by atoms with E-state index in [-0.39, 0.29) is 23.8 Å². The summed E-state index contributed by atoms with van der Waals surface area (Å²) in [6.07, 6.45) is 0.442. The Morgan fingerprint density at radius 3 is 2.08 bits per heavy atom. The van der Waals surface area contributed by atoms with Gasteiger partial charge in [0, 0.05) is 11.6 Å². The maximum Gasteiger partial charge on any atom is 0.432 e. The maximum atomic E-state index is 15.3. The normalized spacial score (nSPS) is 11.7. The number of alkyl halides is 2. The molecule has 1 radical (unpaired) electrons. The molecule has 0 aliphatic carbocycles. The van der Waals surface area contributed by atoms with Crippen molar-refractivity contribution in [3.8, 4) is 22.6 Å². The Hall–Kier alpha value is -3.16. The molecule has 3 aromatic rings. The molecule has 36 heavy (non-hydrogen) atoms. The molecule has 0 heterocycles. The SMILES string of the molecule is CCCCCc1ccc(-c2c([O])cc(F)c(C(F)(F)Oc3ccc(CCCC)cc3)c2F)c(F)c1F. The topological polar surface area (TPSA) is 29.1 Å². The van der Waals surface area contributed by atoms with Gasteiger partial charge in [0.1, 0.15) is 17.1 Å². The second-order valence-electron chi connectivity index (χ2n) is 8.64. The second-order valence-corrected chi connectivity index (χ2v) is 8.64. The molecule has 8 heteroatoms. The van der Waals surface area contributed by atoms with Gasteiger partial charge in [-0.25, -0.2) is 17.6 Å². The number of benzene rings is 3. The van der Waals surface area contributed by atoms with Crippen LogP contribution in [-0.2, 0) is 24.1 Å². The molecule has 0 amide bonds. The van der Waals surface area contributed by atoms with Crippen LogP contribution in [0.5, 0.6) is 11.5 Å². The van der Waals surface area contributed by atoms with Crippen LogP contribution in [0.1, 0.15) is 62.6 Å². The number of aryl methyl sites for hydroxylation is 2. The summed E-state index contributed by atoms with van der Waals surface area (Å²) in [5.74, 6) is -8.50. The zero-order chi connectivity index (χ0) is 26.5. The summed E-state index contributed by atoms with van der Waals surface area (Å²) in [6, 6.07) is 7.81. The first-order valence-electron chi connectivity index (χ1n) is 11.9. The molecule has 0 atom stereocenters. The monoisotopic (exact) mass is 509 g/mol. The quantitative estimate of drug-likeness (QED) is 0.187. The van der Waals surface area contributed by atoms with E-state index in [1.165, 1.54) is 18.2 Å². The molecule has 193 valence electrons. The predicted octanol–water partition coefficient (Wildman–Crippen LogP) is 9.26. The Balaban J connectivity index is 1.99. The van der Waals surface area contributed by atoms with Gasteiger partial charge in [-0.1, -0.05) is 57.4 Å². The molecule has 0 bridgehead atoms. The van der Waals surface area contributed by atoms with Gasteiger partial charge in [-0.15, -0.1) is 0 Å². The van der Waals surface area contributed by atoms with Gasteiger partial charge in [0.05, 0.1) is 5.56 Å². The lowest BCUT2D eigenvalue weighted by atomic mass is 9.96. The fraction of sp³-hybridized carbons (Fsp3) is 0.357. The number of hydrogen-bond donors (Lipinski definition) is 0. The Morgan fingerprint density at radius 1 is 0.778 bits per heavy atom. The highest BCUT2D eigenvalue weighted by atomic mass is 19.3. The van der Waals surface area contributed by atoms with E-state index in [2.05, 4.69) is 4.74 Å². The highest BCUT2D eigenvalue weighted by Gasteiger charge is 2.43. The third-order valence-electron chi connectivity index (χ3n) is 5.94. The van der Waals surface area contributed by atoms with Crippen molar-refractivity contribution < 1.29 is 36.2 Å². The molecule has 3 aromatic carbocycles. The molecule has 0 fully saturated rings. The van der Waals surface area contributed by atoms with E-state index in [9.17, 15) is 27.1 Å².